The zero-order valence-corrected chi connectivity index (χ0v) is 20.1. The topological polar surface area (TPSA) is 142 Å². The fraction of sp³-hybridized carbons (Fsp3) is 0.640. The Morgan fingerprint density at radius 3 is 2.14 bits per heavy atom. The molecule has 8 rings (SSSR count). The molecule has 192 valence electrons. The first kappa shape index (κ1) is 22.7. The lowest BCUT2D eigenvalue weighted by molar-refractivity contribution is -0.185. The van der Waals surface area contributed by atoms with E-state index in [1.807, 2.05) is 0 Å². The van der Waals surface area contributed by atoms with Gasteiger partial charge in [0.15, 0.2) is 12.2 Å². The van der Waals surface area contributed by atoms with Crippen LogP contribution in [0.1, 0.15) is 38.5 Å². The molecule has 3 heterocycles. The van der Waals surface area contributed by atoms with Crippen LogP contribution in [0.2, 0.25) is 0 Å². The van der Waals surface area contributed by atoms with E-state index >= 15 is 0 Å². The monoisotopic (exact) mass is 518 g/mol. The first-order valence-electron chi connectivity index (χ1n) is 12.5. The van der Waals surface area contributed by atoms with Crippen molar-refractivity contribution in [1.82, 2.24) is 0 Å². The molecule has 36 heavy (non-hydrogen) atoms. The van der Waals surface area contributed by atoms with E-state index in [1.165, 1.54) is 31.4 Å². The minimum Gasteiger partial charge on any atom is -0.455 e. The molecule has 10 nitrogen and oxygen atoms in total. The second-order valence-electron chi connectivity index (χ2n) is 11.5. The van der Waals surface area contributed by atoms with Gasteiger partial charge in [-0.3, -0.25) is 18.9 Å². The number of benzene rings is 1. The Kier molecular flexibility index (Phi) is 4.74. The number of carbonyl (C=O) groups is 3. The van der Waals surface area contributed by atoms with E-state index in [0.29, 0.717) is 17.8 Å². The predicted octanol–water partition coefficient (Wildman–Crippen LogP) is 1.91. The standard InChI is InChI=1S/C25H26O10S/c26-22(32-14-1-3-15(4-2-14)36(29,30)31)16-17-18-20(34-23(17)27)21(19(16)33-18)35-24(28)25-8-11-5-12(9-25)7-13(6-11)10-25/h1-4,11-13,16-21H,5-10H2,(H,29,30,31). The van der Waals surface area contributed by atoms with Crippen LogP contribution >= 0.6 is 0 Å². The van der Waals surface area contributed by atoms with E-state index in [4.69, 9.17) is 23.5 Å². The van der Waals surface area contributed by atoms with Gasteiger partial charge in [-0.15, -0.1) is 0 Å². The number of hydrogen-bond acceptors (Lipinski definition) is 9. The van der Waals surface area contributed by atoms with E-state index in [2.05, 4.69) is 0 Å². The van der Waals surface area contributed by atoms with Gasteiger partial charge in [-0.25, -0.2) is 0 Å². The molecule has 7 aliphatic rings. The molecule has 11 heteroatoms. The van der Waals surface area contributed by atoms with Crippen LogP contribution < -0.4 is 4.74 Å². The third kappa shape index (κ3) is 3.28. The van der Waals surface area contributed by atoms with Crippen molar-refractivity contribution in [2.24, 2.45) is 35.0 Å². The summed E-state index contributed by atoms with van der Waals surface area (Å²) < 4.78 is 54.6. The van der Waals surface area contributed by atoms with Gasteiger partial charge >= 0.3 is 17.9 Å². The maximum Gasteiger partial charge on any atom is 0.318 e. The smallest absolute Gasteiger partial charge is 0.318 e. The van der Waals surface area contributed by atoms with E-state index in [1.54, 1.807) is 0 Å². The fourth-order valence-corrected chi connectivity index (χ4v) is 8.69. The lowest BCUT2D eigenvalue weighted by Crippen LogP contribution is -2.54. The van der Waals surface area contributed by atoms with Gasteiger partial charge in [-0.2, -0.15) is 8.42 Å². The number of carbonyl (C=O) groups excluding carboxylic acids is 3. The van der Waals surface area contributed by atoms with Crippen molar-refractivity contribution in [3.8, 4) is 5.75 Å². The van der Waals surface area contributed by atoms with Crippen LogP contribution in [0.3, 0.4) is 0 Å². The Morgan fingerprint density at radius 1 is 0.944 bits per heavy atom. The first-order valence-corrected chi connectivity index (χ1v) is 13.9. The lowest BCUT2D eigenvalue weighted by Gasteiger charge is -2.55. The molecule has 0 radical (unpaired) electrons. The van der Waals surface area contributed by atoms with Gasteiger partial charge in [0.1, 0.15) is 29.8 Å². The second-order valence-corrected chi connectivity index (χ2v) is 12.9. The van der Waals surface area contributed by atoms with E-state index in [0.717, 1.165) is 31.4 Å². The van der Waals surface area contributed by atoms with Crippen molar-refractivity contribution in [2.75, 3.05) is 0 Å². The van der Waals surface area contributed by atoms with Crippen LogP contribution in [0, 0.1) is 35.0 Å². The third-order valence-corrected chi connectivity index (χ3v) is 10.1. The molecular weight excluding hydrogens is 492 g/mol. The van der Waals surface area contributed by atoms with Crippen molar-refractivity contribution in [2.45, 2.75) is 67.8 Å². The maximum atomic E-state index is 13.6. The van der Waals surface area contributed by atoms with Crippen molar-refractivity contribution >= 4 is 28.0 Å². The zero-order valence-electron chi connectivity index (χ0n) is 19.3. The quantitative estimate of drug-likeness (QED) is 0.349. The Labute approximate surface area is 207 Å². The van der Waals surface area contributed by atoms with Crippen LogP contribution in [0.25, 0.3) is 0 Å². The maximum absolute atomic E-state index is 13.6. The highest BCUT2D eigenvalue weighted by Gasteiger charge is 2.72. The zero-order chi connectivity index (χ0) is 25.0. The van der Waals surface area contributed by atoms with Crippen LogP contribution in [0.4, 0.5) is 0 Å². The summed E-state index contributed by atoms with van der Waals surface area (Å²) in [6.45, 7) is 0. The Hall–Kier alpha value is -2.50. The predicted molar refractivity (Wildman–Crippen MR) is 118 cm³/mol. The van der Waals surface area contributed by atoms with Crippen molar-refractivity contribution < 1.29 is 46.3 Å². The number of esters is 3. The fourth-order valence-electron chi connectivity index (χ4n) is 8.21. The van der Waals surface area contributed by atoms with Crippen LogP contribution in [-0.2, 0) is 38.7 Å². The van der Waals surface area contributed by atoms with Crippen LogP contribution in [0.15, 0.2) is 29.2 Å². The normalized spacial score (nSPS) is 43.5. The number of rotatable bonds is 5. The molecular formula is C25H26O10S. The van der Waals surface area contributed by atoms with Gasteiger partial charge in [-0.05, 0) is 80.5 Å². The highest BCUT2D eigenvalue weighted by molar-refractivity contribution is 7.85. The molecule has 3 saturated heterocycles. The molecule has 1 aromatic carbocycles. The summed E-state index contributed by atoms with van der Waals surface area (Å²) in [4.78, 5) is 39.0. The van der Waals surface area contributed by atoms with Gasteiger partial charge in [-0.1, -0.05) is 0 Å². The highest BCUT2D eigenvalue weighted by atomic mass is 32.2. The molecule has 0 spiro atoms. The molecule has 0 amide bonds. The largest absolute Gasteiger partial charge is 0.455 e. The van der Waals surface area contributed by atoms with E-state index in [-0.39, 0.29) is 16.6 Å². The molecule has 7 fully saturated rings. The first-order chi connectivity index (χ1) is 17.1. The van der Waals surface area contributed by atoms with Crippen LogP contribution in [-0.4, -0.2) is 55.3 Å². The Morgan fingerprint density at radius 2 is 1.56 bits per heavy atom. The Bertz CT molecular complexity index is 1220. The molecule has 0 aromatic heterocycles. The van der Waals surface area contributed by atoms with Crippen LogP contribution in [0.5, 0.6) is 5.75 Å². The van der Waals surface area contributed by atoms with E-state index < -0.39 is 63.7 Å². The summed E-state index contributed by atoms with van der Waals surface area (Å²) in [6.07, 6.45) is 2.89. The minimum atomic E-state index is -4.39. The number of hydrogen-bond donors (Lipinski definition) is 1. The molecule has 4 aliphatic carbocycles. The molecule has 3 aliphatic heterocycles. The SMILES string of the molecule is O=C1OC2C(OC(=O)C34CC5CC(CC(C5)C3)C4)C3OC2C1C3C(=O)Oc1ccc(S(=O)(=O)O)cc1. The summed E-state index contributed by atoms with van der Waals surface area (Å²) in [5.74, 6) is -1.74. The Balaban J connectivity index is 1.10. The van der Waals surface area contributed by atoms with Gasteiger partial charge in [0, 0.05) is 0 Å². The molecule has 1 N–H and O–H groups in total. The summed E-state index contributed by atoms with van der Waals surface area (Å²) in [7, 11) is -4.39. The summed E-state index contributed by atoms with van der Waals surface area (Å²) in [6, 6.07) is 4.67. The minimum absolute atomic E-state index is 0.0419. The molecule has 4 saturated carbocycles. The lowest BCUT2D eigenvalue weighted by atomic mass is 9.49. The summed E-state index contributed by atoms with van der Waals surface area (Å²) in [5, 5.41) is 0. The molecule has 6 unspecified atom stereocenters. The highest BCUT2D eigenvalue weighted by Crippen LogP contribution is 2.61. The van der Waals surface area contributed by atoms with Gasteiger partial charge < -0.3 is 18.9 Å². The molecule has 6 bridgehead atoms. The van der Waals surface area contributed by atoms with Crippen molar-refractivity contribution in [3.05, 3.63) is 24.3 Å². The average molecular weight is 519 g/mol. The summed E-state index contributed by atoms with van der Waals surface area (Å²) in [5.41, 5.74) is -0.497. The average Bonchev–Trinajstić information content (AvgIpc) is 3.42. The van der Waals surface area contributed by atoms with Gasteiger partial charge in [0.05, 0.1) is 10.3 Å². The summed E-state index contributed by atoms with van der Waals surface area (Å²) >= 11 is 0. The number of fused-ring (bicyclic) bond motifs is 1. The second kappa shape index (κ2) is 7.52. The molecule has 1 aromatic rings. The van der Waals surface area contributed by atoms with Gasteiger partial charge in [0.25, 0.3) is 10.1 Å². The van der Waals surface area contributed by atoms with Gasteiger partial charge in [0.2, 0.25) is 0 Å². The number of ether oxygens (including phenoxy) is 4. The molecule has 6 atom stereocenters. The third-order valence-electron chi connectivity index (χ3n) is 9.23. The van der Waals surface area contributed by atoms with Crippen molar-refractivity contribution in [3.63, 3.8) is 0 Å². The van der Waals surface area contributed by atoms with E-state index in [9.17, 15) is 22.8 Å². The van der Waals surface area contributed by atoms with Crippen molar-refractivity contribution in [1.29, 1.82) is 0 Å².